The van der Waals surface area contributed by atoms with Crippen molar-refractivity contribution in [2.75, 3.05) is 5.32 Å². The van der Waals surface area contributed by atoms with Crippen molar-refractivity contribution in [1.29, 1.82) is 0 Å². The molecular formula is C18H13IN2O2. The van der Waals surface area contributed by atoms with Crippen LogP contribution in [-0.4, -0.2) is 10.9 Å². The highest BCUT2D eigenvalue weighted by molar-refractivity contribution is 14.1. The molecule has 3 aromatic rings. The topological polar surface area (TPSA) is 51.2 Å². The van der Waals surface area contributed by atoms with Gasteiger partial charge in [0.1, 0.15) is 11.4 Å². The smallest absolute Gasteiger partial charge is 0.255 e. The molecule has 0 bridgehead atoms. The number of hydrogen-bond acceptors (Lipinski definition) is 3. The van der Waals surface area contributed by atoms with Crippen LogP contribution in [-0.2, 0) is 0 Å². The van der Waals surface area contributed by atoms with Gasteiger partial charge in [0.25, 0.3) is 5.91 Å². The number of pyridine rings is 1. The Morgan fingerprint density at radius 2 is 1.70 bits per heavy atom. The maximum Gasteiger partial charge on any atom is 0.255 e. The Labute approximate surface area is 147 Å². The zero-order chi connectivity index (χ0) is 16.1. The summed E-state index contributed by atoms with van der Waals surface area (Å²) in [6.45, 7) is 0. The standard InChI is InChI=1S/C18H13IN2O2/c19-14-10-8-13(9-11-14)17(22)21-16-7-4-12-20-18(16)23-15-5-2-1-3-6-15/h1-12H,(H,21,22). The van der Waals surface area contributed by atoms with E-state index >= 15 is 0 Å². The summed E-state index contributed by atoms with van der Waals surface area (Å²) in [7, 11) is 0. The molecule has 0 unspecified atom stereocenters. The van der Waals surface area contributed by atoms with E-state index in [0.717, 1.165) is 3.57 Å². The number of aromatic nitrogens is 1. The molecule has 0 spiro atoms. The Morgan fingerprint density at radius 3 is 2.43 bits per heavy atom. The number of carbonyl (C=O) groups excluding carboxylic acids is 1. The molecule has 1 aromatic heterocycles. The van der Waals surface area contributed by atoms with Gasteiger partial charge in [0, 0.05) is 15.3 Å². The van der Waals surface area contributed by atoms with Crippen LogP contribution in [0.4, 0.5) is 5.69 Å². The Balaban J connectivity index is 1.80. The van der Waals surface area contributed by atoms with Gasteiger partial charge in [0.05, 0.1) is 0 Å². The number of benzene rings is 2. The lowest BCUT2D eigenvalue weighted by Crippen LogP contribution is -2.12. The van der Waals surface area contributed by atoms with E-state index in [0.29, 0.717) is 22.9 Å². The lowest BCUT2D eigenvalue weighted by molar-refractivity contribution is 0.102. The predicted molar refractivity (Wildman–Crippen MR) is 97.9 cm³/mol. The van der Waals surface area contributed by atoms with Gasteiger partial charge in [-0.1, -0.05) is 18.2 Å². The molecule has 114 valence electrons. The quantitative estimate of drug-likeness (QED) is 0.626. The van der Waals surface area contributed by atoms with E-state index in [1.165, 1.54) is 0 Å². The number of nitrogens with zero attached hydrogens (tertiary/aromatic N) is 1. The zero-order valence-electron chi connectivity index (χ0n) is 12.1. The van der Waals surface area contributed by atoms with Crippen LogP contribution >= 0.6 is 22.6 Å². The molecule has 0 saturated carbocycles. The molecular weight excluding hydrogens is 403 g/mol. The van der Waals surface area contributed by atoms with E-state index in [1.54, 1.807) is 30.5 Å². The molecule has 0 aliphatic carbocycles. The van der Waals surface area contributed by atoms with E-state index in [4.69, 9.17) is 4.74 Å². The van der Waals surface area contributed by atoms with Crippen molar-refractivity contribution in [3.05, 3.63) is 82.1 Å². The van der Waals surface area contributed by atoms with Gasteiger partial charge in [-0.25, -0.2) is 4.98 Å². The minimum atomic E-state index is -0.202. The molecule has 0 aliphatic heterocycles. The van der Waals surface area contributed by atoms with Crippen LogP contribution < -0.4 is 10.1 Å². The summed E-state index contributed by atoms with van der Waals surface area (Å²) in [5.41, 5.74) is 1.11. The summed E-state index contributed by atoms with van der Waals surface area (Å²) >= 11 is 2.20. The molecule has 0 aliphatic rings. The summed E-state index contributed by atoms with van der Waals surface area (Å²) in [6, 6.07) is 20.2. The minimum Gasteiger partial charge on any atom is -0.437 e. The lowest BCUT2D eigenvalue weighted by Gasteiger charge is -2.11. The molecule has 4 nitrogen and oxygen atoms in total. The molecule has 0 fully saturated rings. The van der Waals surface area contributed by atoms with Crippen molar-refractivity contribution < 1.29 is 9.53 Å². The van der Waals surface area contributed by atoms with Crippen LogP contribution in [0.5, 0.6) is 11.6 Å². The highest BCUT2D eigenvalue weighted by Gasteiger charge is 2.11. The molecule has 3 rings (SSSR count). The van der Waals surface area contributed by atoms with Gasteiger partial charge >= 0.3 is 0 Å². The number of para-hydroxylation sites is 1. The second kappa shape index (κ2) is 7.23. The first-order chi connectivity index (χ1) is 11.2. The van der Waals surface area contributed by atoms with Crippen molar-refractivity contribution in [3.63, 3.8) is 0 Å². The number of halogens is 1. The van der Waals surface area contributed by atoms with Crippen molar-refractivity contribution >= 4 is 34.2 Å². The minimum absolute atomic E-state index is 0.202. The third-order valence-electron chi connectivity index (χ3n) is 3.08. The van der Waals surface area contributed by atoms with Gasteiger partial charge in [0.15, 0.2) is 0 Å². The van der Waals surface area contributed by atoms with Gasteiger partial charge in [-0.3, -0.25) is 4.79 Å². The van der Waals surface area contributed by atoms with E-state index < -0.39 is 0 Å². The second-order valence-electron chi connectivity index (χ2n) is 4.73. The highest BCUT2D eigenvalue weighted by atomic mass is 127. The number of anilines is 1. The molecule has 5 heteroatoms. The summed E-state index contributed by atoms with van der Waals surface area (Å²) in [5, 5.41) is 2.84. The Morgan fingerprint density at radius 1 is 0.957 bits per heavy atom. The molecule has 0 saturated heterocycles. The number of nitrogens with one attached hydrogen (secondary N) is 1. The number of hydrogen-bond donors (Lipinski definition) is 1. The third-order valence-corrected chi connectivity index (χ3v) is 3.80. The van der Waals surface area contributed by atoms with Crippen molar-refractivity contribution in [2.24, 2.45) is 0 Å². The van der Waals surface area contributed by atoms with E-state index in [2.05, 4.69) is 32.9 Å². The fourth-order valence-corrected chi connectivity index (χ4v) is 2.32. The van der Waals surface area contributed by atoms with Crippen molar-refractivity contribution in [1.82, 2.24) is 4.98 Å². The first-order valence-electron chi connectivity index (χ1n) is 6.97. The summed E-state index contributed by atoms with van der Waals surface area (Å²) in [5.74, 6) is 0.820. The molecule has 1 amide bonds. The number of amides is 1. The summed E-state index contributed by atoms with van der Waals surface area (Å²) in [4.78, 5) is 16.5. The van der Waals surface area contributed by atoms with Crippen LogP contribution in [0.25, 0.3) is 0 Å². The van der Waals surface area contributed by atoms with Gasteiger partial charge in [-0.05, 0) is 71.1 Å². The summed E-state index contributed by atoms with van der Waals surface area (Å²) < 4.78 is 6.82. The fraction of sp³-hybridized carbons (Fsp3) is 0. The van der Waals surface area contributed by atoms with Crippen LogP contribution in [0.1, 0.15) is 10.4 Å². The van der Waals surface area contributed by atoms with Crippen LogP contribution in [0.2, 0.25) is 0 Å². The van der Waals surface area contributed by atoms with Gasteiger partial charge in [0.2, 0.25) is 5.88 Å². The fourth-order valence-electron chi connectivity index (χ4n) is 1.96. The molecule has 1 N–H and O–H groups in total. The SMILES string of the molecule is O=C(Nc1cccnc1Oc1ccccc1)c1ccc(I)cc1. The second-order valence-corrected chi connectivity index (χ2v) is 5.98. The average Bonchev–Trinajstić information content (AvgIpc) is 2.58. The Kier molecular flexibility index (Phi) is 4.87. The largest absolute Gasteiger partial charge is 0.437 e. The number of carbonyl (C=O) groups is 1. The normalized spacial score (nSPS) is 10.1. The molecule has 0 radical (unpaired) electrons. The van der Waals surface area contributed by atoms with Gasteiger partial charge in [-0.2, -0.15) is 0 Å². The maximum absolute atomic E-state index is 12.3. The molecule has 2 aromatic carbocycles. The van der Waals surface area contributed by atoms with E-state index in [1.807, 2.05) is 42.5 Å². The zero-order valence-corrected chi connectivity index (χ0v) is 14.2. The third kappa shape index (κ3) is 4.07. The van der Waals surface area contributed by atoms with Crippen molar-refractivity contribution in [3.8, 4) is 11.6 Å². The first-order valence-corrected chi connectivity index (χ1v) is 8.05. The highest BCUT2D eigenvalue weighted by Crippen LogP contribution is 2.27. The number of ether oxygens (including phenoxy) is 1. The first kappa shape index (κ1) is 15.5. The summed E-state index contributed by atoms with van der Waals surface area (Å²) in [6.07, 6.45) is 1.62. The van der Waals surface area contributed by atoms with Crippen LogP contribution in [0, 0.1) is 3.57 Å². The van der Waals surface area contributed by atoms with Crippen molar-refractivity contribution in [2.45, 2.75) is 0 Å². The van der Waals surface area contributed by atoms with E-state index in [-0.39, 0.29) is 5.91 Å². The van der Waals surface area contributed by atoms with Gasteiger partial charge < -0.3 is 10.1 Å². The average molecular weight is 416 g/mol. The number of rotatable bonds is 4. The molecule has 1 heterocycles. The predicted octanol–water partition coefficient (Wildman–Crippen LogP) is 4.73. The van der Waals surface area contributed by atoms with Gasteiger partial charge in [-0.15, -0.1) is 0 Å². The lowest BCUT2D eigenvalue weighted by atomic mass is 10.2. The van der Waals surface area contributed by atoms with E-state index in [9.17, 15) is 4.79 Å². The monoisotopic (exact) mass is 416 g/mol. The molecule has 0 atom stereocenters. The molecule has 23 heavy (non-hydrogen) atoms. The van der Waals surface area contributed by atoms with Crippen LogP contribution in [0.3, 0.4) is 0 Å². The Bertz CT molecular complexity index is 805. The Hall–Kier alpha value is -2.41. The maximum atomic E-state index is 12.3. The van der Waals surface area contributed by atoms with Crippen LogP contribution in [0.15, 0.2) is 72.9 Å².